The molecule has 1 atom stereocenters. The van der Waals surface area contributed by atoms with Crippen LogP contribution in [-0.4, -0.2) is 34.5 Å². The van der Waals surface area contributed by atoms with Crippen molar-refractivity contribution in [1.29, 1.82) is 0 Å². The molecule has 2 heterocycles. The van der Waals surface area contributed by atoms with Crippen molar-refractivity contribution < 1.29 is 4.74 Å². The van der Waals surface area contributed by atoms with Crippen molar-refractivity contribution >= 4 is 45.7 Å². The Morgan fingerprint density at radius 1 is 1.33 bits per heavy atom. The molecule has 1 aromatic heterocycles. The van der Waals surface area contributed by atoms with Crippen molar-refractivity contribution in [2.24, 2.45) is 0 Å². The van der Waals surface area contributed by atoms with Gasteiger partial charge in [0, 0.05) is 0 Å². The summed E-state index contributed by atoms with van der Waals surface area (Å²) in [5, 5.41) is 3.19. The van der Waals surface area contributed by atoms with E-state index in [1.807, 2.05) is 6.92 Å². The summed E-state index contributed by atoms with van der Waals surface area (Å²) in [6.07, 6.45) is 11.1. The van der Waals surface area contributed by atoms with Crippen LogP contribution in [0.2, 0.25) is 0 Å². The molecule has 116 valence electrons. The third kappa shape index (κ3) is 4.06. The maximum Gasteiger partial charge on any atom is -0.147 e. The molecule has 3 nitrogen and oxygen atoms in total. The zero-order valence-corrected chi connectivity index (χ0v) is 16.3. The number of anilines is 1. The van der Waals surface area contributed by atoms with Crippen LogP contribution in [-0.2, 0) is 4.74 Å². The van der Waals surface area contributed by atoms with Gasteiger partial charge in [-0.25, -0.2) is 0 Å². The Bertz CT molecular complexity index is 538. The van der Waals surface area contributed by atoms with Gasteiger partial charge in [0.2, 0.25) is 0 Å². The normalized spacial score (nSPS) is 19.6. The van der Waals surface area contributed by atoms with Gasteiger partial charge in [-0.3, -0.25) is 0 Å². The van der Waals surface area contributed by atoms with Gasteiger partial charge >= 0.3 is 133 Å². The molecule has 0 saturated heterocycles. The predicted octanol–water partition coefficient (Wildman–Crippen LogP) is 3.40. The SMILES string of the molecule is Cc1csc(N2CC=CC(OC3CCCCC3)=C2[AsH2])n1.Cl. The molecule has 0 radical (unpaired) electrons. The maximum atomic E-state index is 6.25. The third-order valence-corrected chi connectivity index (χ3v) is 6.02. The van der Waals surface area contributed by atoms with Crippen LogP contribution >= 0.6 is 23.7 Å². The van der Waals surface area contributed by atoms with E-state index >= 15 is 0 Å². The van der Waals surface area contributed by atoms with E-state index in [2.05, 4.69) is 27.4 Å². The van der Waals surface area contributed by atoms with Gasteiger partial charge in [-0.1, -0.05) is 0 Å². The molecule has 1 unspecified atom stereocenters. The quantitative estimate of drug-likeness (QED) is 0.742. The molecule has 3 rings (SSSR count). The first-order valence-corrected chi connectivity index (χ1v) is 9.36. The minimum absolute atomic E-state index is 0. The van der Waals surface area contributed by atoms with Crippen LogP contribution in [0.5, 0.6) is 0 Å². The Labute approximate surface area is 145 Å². The first-order valence-electron chi connectivity index (χ1n) is 7.26. The zero-order valence-electron chi connectivity index (χ0n) is 12.2. The molecular weight excluding hydrogens is 367 g/mol. The standard InChI is InChI=1S/C15H21AsN2OS.ClH/c1-11-10-20-15(17-11)18-9-5-8-13(14(18)16)19-12-6-3-2-4-7-12;/h5,8,10,12H,2-4,6-7,9,16H2,1H3;1H. The molecule has 21 heavy (non-hydrogen) atoms. The van der Waals surface area contributed by atoms with Crippen molar-refractivity contribution in [3.8, 4) is 0 Å². The van der Waals surface area contributed by atoms with Gasteiger partial charge in [-0.2, -0.15) is 0 Å². The molecule has 1 aliphatic carbocycles. The maximum absolute atomic E-state index is 6.25. The number of ether oxygens (including phenoxy) is 1. The van der Waals surface area contributed by atoms with Gasteiger partial charge in [0.25, 0.3) is 0 Å². The van der Waals surface area contributed by atoms with Crippen molar-refractivity contribution in [3.05, 3.63) is 33.5 Å². The van der Waals surface area contributed by atoms with E-state index in [0.29, 0.717) is 6.10 Å². The van der Waals surface area contributed by atoms with E-state index in [9.17, 15) is 0 Å². The van der Waals surface area contributed by atoms with E-state index in [4.69, 9.17) is 4.74 Å². The molecule has 0 amide bonds. The number of thiazole rings is 1. The van der Waals surface area contributed by atoms with Crippen LogP contribution in [0.3, 0.4) is 0 Å². The van der Waals surface area contributed by atoms with Crippen LogP contribution in [0.25, 0.3) is 0 Å². The first kappa shape index (κ1) is 16.9. The van der Waals surface area contributed by atoms with Crippen molar-refractivity contribution in [1.82, 2.24) is 4.98 Å². The molecule has 0 N–H and O–H groups in total. The van der Waals surface area contributed by atoms with Gasteiger partial charge in [-0.05, 0) is 0 Å². The van der Waals surface area contributed by atoms with Crippen LogP contribution in [0.4, 0.5) is 5.13 Å². The van der Waals surface area contributed by atoms with E-state index in [1.54, 1.807) is 28.2 Å². The number of halogens is 1. The summed E-state index contributed by atoms with van der Waals surface area (Å²) in [5.74, 6) is 1.05. The minimum Gasteiger partial charge on any atom is -0.147 e. The van der Waals surface area contributed by atoms with E-state index in [1.165, 1.54) is 36.6 Å². The molecule has 0 bridgehead atoms. The summed E-state index contributed by atoms with van der Waals surface area (Å²) >= 11 is 3.33. The summed E-state index contributed by atoms with van der Waals surface area (Å²) in [5.41, 5.74) is 1.09. The Morgan fingerprint density at radius 3 is 2.76 bits per heavy atom. The monoisotopic (exact) mass is 388 g/mol. The van der Waals surface area contributed by atoms with Gasteiger partial charge in [-0.15, -0.1) is 12.4 Å². The number of hydrogen-bond acceptors (Lipinski definition) is 4. The molecule has 1 saturated carbocycles. The molecule has 2 aliphatic rings. The van der Waals surface area contributed by atoms with Crippen molar-refractivity contribution in [2.75, 3.05) is 11.4 Å². The van der Waals surface area contributed by atoms with Crippen LogP contribution < -0.4 is 4.90 Å². The summed E-state index contributed by atoms with van der Waals surface area (Å²) in [6.45, 7) is 2.95. The van der Waals surface area contributed by atoms with Crippen molar-refractivity contribution in [3.63, 3.8) is 0 Å². The number of nitrogens with zero attached hydrogens (tertiary/aromatic N) is 2. The van der Waals surface area contributed by atoms with E-state index < -0.39 is 0 Å². The average Bonchev–Trinajstić information content (AvgIpc) is 2.89. The Hall–Kier alpha value is -0.442. The summed E-state index contributed by atoms with van der Waals surface area (Å²) < 4.78 is 7.50. The van der Waals surface area contributed by atoms with Crippen LogP contribution in [0.1, 0.15) is 37.8 Å². The summed E-state index contributed by atoms with van der Waals surface area (Å²) in [4.78, 5) is 6.87. The number of rotatable bonds is 3. The molecule has 0 spiro atoms. The fourth-order valence-corrected chi connectivity index (χ4v) is 4.53. The van der Waals surface area contributed by atoms with Gasteiger partial charge in [0.15, 0.2) is 0 Å². The fraction of sp³-hybridized carbons (Fsp3) is 0.533. The topological polar surface area (TPSA) is 25.4 Å². The molecule has 1 aliphatic heterocycles. The van der Waals surface area contributed by atoms with E-state index in [0.717, 1.165) is 23.1 Å². The second kappa shape index (κ2) is 7.71. The Balaban J connectivity index is 0.00000161. The molecule has 1 aromatic rings. The van der Waals surface area contributed by atoms with Crippen LogP contribution in [0, 0.1) is 6.92 Å². The molecule has 1 fully saturated rings. The Morgan fingerprint density at radius 2 is 2.10 bits per heavy atom. The van der Waals surface area contributed by atoms with Gasteiger partial charge < -0.3 is 0 Å². The number of aryl methyl sites for hydroxylation is 1. The smallest absolute Gasteiger partial charge is 0.147 e. The molecule has 0 aromatic carbocycles. The zero-order chi connectivity index (χ0) is 13.9. The van der Waals surface area contributed by atoms with Gasteiger partial charge in [0.05, 0.1) is 0 Å². The number of aromatic nitrogens is 1. The second-order valence-electron chi connectivity index (χ2n) is 5.41. The predicted molar refractivity (Wildman–Crippen MR) is 94.1 cm³/mol. The molecule has 6 heteroatoms. The summed E-state index contributed by atoms with van der Waals surface area (Å²) in [7, 11) is 0. The average molecular weight is 389 g/mol. The van der Waals surface area contributed by atoms with Crippen molar-refractivity contribution in [2.45, 2.75) is 45.1 Å². The van der Waals surface area contributed by atoms with Crippen LogP contribution in [0.15, 0.2) is 27.8 Å². The van der Waals surface area contributed by atoms with Gasteiger partial charge in [0.1, 0.15) is 0 Å². The minimum atomic E-state index is 0. The Kier molecular flexibility index (Phi) is 6.21. The largest absolute Gasteiger partial charge is 0.147 e. The number of allylic oxidation sites excluding steroid dienone is 1. The fourth-order valence-electron chi connectivity index (χ4n) is 2.69. The third-order valence-electron chi connectivity index (χ3n) is 3.78. The summed E-state index contributed by atoms with van der Waals surface area (Å²) in [6, 6.07) is 0. The molecular formula is C15H22AsClN2OS. The first-order chi connectivity index (χ1) is 9.74. The second-order valence-corrected chi connectivity index (χ2v) is 7.40. The van der Waals surface area contributed by atoms with E-state index in [-0.39, 0.29) is 12.4 Å². The number of hydrogen-bond donors (Lipinski definition) is 0.